The first kappa shape index (κ1) is 20.1. The van der Waals surface area contributed by atoms with Gasteiger partial charge in [0.05, 0.1) is 13.7 Å². The summed E-state index contributed by atoms with van der Waals surface area (Å²) in [6, 6.07) is 12.1. The third-order valence-corrected chi connectivity index (χ3v) is 4.02. The molecular weight excluding hydrogens is 374 g/mol. The van der Waals surface area contributed by atoms with Crippen molar-refractivity contribution < 1.29 is 28.5 Å². The first-order valence-electron chi connectivity index (χ1n) is 9.18. The molecule has 1 heterocycles. The molecule has 0 saturated heterocycles. The number of rotatable bonds is 7. The molecule has 0 N–H and O–H groups in total. The molecule has 7 nitrogen and oxygen atoms in total. The molecule has 0 radical (unpaired) electrons. The van der Waals surface area contributed by atoms with Crippen LogP contribution in [0.2, 0.25) is 0 Å². The van der Waals surface area contributed by atoms with Gasteiger partial charge in [0.25, 0.3) is 0 Å². The van der Waals surface area contributed by atoms with Gasteiger partial charge >= 0.3 is 11.9 Å². The van der Waals surface area contributed by atoms with Crippen LogP contribution >= 0.6 is 0 Å². The van der Waals surface area contributed by atoms with E-state index in [0.717, 1.165) is 0 Å². The van der Waals surface area contributed by atoms with Crippen molar-refractivity contribution in [1.29, 1.82) is 0 Å². The largest absolute Gasteiger partial charge is 0.497 e. The summed E-state index contributed by atoms with van der Waals surface area (Å²) in [6.45, 7) is 3.94. The van der Waals surface area contributed by atoms with E-state index in [1.807, 2.05) is 6.92 Å². The Morgan fingerprint density at radius 1 is 1.14 bits per heavy atom. The van der Waals surface area contributed by atoms with E-state index in [9.17, 15) is 9.59 Å². The highest BCUT2D eigenvalue weighted by molar-refractivity contribution is 6.13. The number of cyclic esters (lactones) is 1. The van der Waals surface area contributed by atoms with Gasteiger partial charge in [0, 0.05) is 12.0 Å². The van der Waals surface area contributed by atoms with Crippen LogP contribution in [0.15, 0.2) is 53.2 Å². The van der Waals surface area contributed by atoms with E-state index >= 15 is 0 Å². The standard InChI is InChI=1S/C22H21NO6/c1-4-20(24)28-18-10-9-14(12-19(18)27-5-2)11-17-22(25)29-21(23-17)15-7-6-8-16(13-15)26-3/h6-13H,4-5H2,1-3H3/b17-11-. The van der Waals surface area contributed by atoms with Gasteiger partial charge in [0.15, 0.2) is 17.2 Å². The Labute approximate surface area is 168 Å². The van der Waals surface area contributed by atoms with Crippen molar-refractivity contribution >= 4 is 23.9 Å². The van der Waals surface area contributed by atoms with Gasteiger partial charge in [0.1, 0.15) is 5.75 Å². The Hall–Kier alpha value is -3.61. The van der Waals surface area contributed by atoms with Crippen molar-refractivity contribution in [1.82, 2.24) is 0 Å². The highest BCUT2D eigenvalue weighted by atomic mass is 16.6. The maximum absolute atomic E-state index is 12.2. The highest BCUT2D eigenvalue weighted by Crippen LogP contribution is 2.30. The number of hydrogen-bond donors (Lipinski definition) is 0. The van der Waals surface area contributed by atoms with Crippen LogP contribution in [0.25, 0.3) is 6.08 Å². The van der Waals surface area contributed by atoms with E-state index in [2.05, 4.69) is 4.99 Å². The minimum atomic E-state index is -0.553. The second-order valence-corrected chi connectivity index (χ2v) is 6.03. The van der Waals surface area contributed by atoms with Crippen molar-refractivity contribution in [3.63, 3.8) is 0 Å². The summed E-state index contributed by atoms with van der Waals surface area (Å²) in [5.41, 5.74) is 1.45. The van der Waals surface area contributed by atoms with Crippen molar-refractivity contribution in [2.45, 2.75) is 20.3 Å². The van der Waals surface area contributed by atoms with Crippen LogP contribution < -0.4 is 14.2 Å². The number of carbonyl (C=O) groups is 2. The lowest BCUT2D eigenvalue weighted by molar-refractivity contribution is -0.134. The van der Waals surface area contributed by atoms with Gasteiger partial charge in [-0.1, -0.05) is 19.1 Å². The van der Waals surface area contributed by atoms with Gasteiger partial charge in [-0.2, -0.15) is 0 Å². The van der Waals surface area contributed by atoms with Gasteiger partial charge in [-0.15, -0.1) is 0 Å². The lowest BCUT2D eigenvalue weighted by Gasteiger charge is -2.10. The Bertz CT molecular complexity index is 993. The summed E-state index contributed by atoms with van der Waals surface area (Å²) in [5, 5.41) is 0. The summed E-state index contributed by atoms with van der Waals surface area (Å²) in [5.74, 6) is 0.671. The number of hydrogen-bond acceptors (Lipinski definition) is 7. The summed E-state index contributed by atoms with van der Waals surface area (Å²) < 4.78 is 21.3. The Kier molecular flexibility index (Phi) is 6.29. The zero-order valence-corrected chi connectivity index (χ0v) is 16.4. The third-order valence-electron chi connectivity index (χ3n) is 4.02. The molecule has 0 aromatic heterocycles. The second-order valence-electron chi connectivity index (χ2n) is 6.03. The van der Waals surface area contributed by atoms with Crippen LogP contribution in [0, 0.1) is 0 Å². The number of methoxy groups -OCH3 is 1. The van der Waals surface area contributed by atoms with Crippen molar-refractivity contribution in [3.8, 4) is 17.2 Å². The molecular formula is C22H21NO6. The SMILES string of the molecule is CCOc1cc(/C=C2\N=C(c3cccc(OC)c3)OC2=O)ccc1OC(=O)CC. The van der Waals surface area contributed by atoms with Gasteiger partial charge < -0.3 is 18.9 Å². The van der Waals surface area contributed by atoms with Crippen LogP contribution in [0.1, 0.15) is 31.4 Å². The van der Waals surface area contributed by atoms with Gasteiger partial charge in [-0.05, 0) is 48.9 Å². The van der Waals surface area contributed by atoms with E-state index < -0.39 is 5.97 Å². The summed E-state index contributed by atoms with van der Waals surface area (Å²) >= 11 is 0. The van der Waals surface area contributed by atoms with Crippen LogP contribution in [0.4, 0.5) is 0 Å². The quantitative estimate of drug-likeness (QED) is 0.403. The number of carbonyl (C=O) groups excluding carboxylic acids is 2. The Morgan fingerprint density at radius 3 is 2.69 bits per heavy atom. The molecule has 0 spiro atoms. The normalized spacial score (nSPS) is 14.4. The fraction of sp³-hybridized carbons (Fsp3) is 0.227. The van der Waals surface area contributed by atoms with Gasteiger partial charge in [-0.25, -0.2) is 9.79 Å². The van der Waals surface area contributed by atoms with Crippen LogP contribution in [-0.4, -0.2) is 31.6 Å². The number of esters is 2. The molecule has 3 rings (SSSR count). The van der Waals surface area contributed by atoms with E-state index in [1.54, 1.807) is 62.6 Å². The highest BCUT2D eigenvalue weighted by Gasteiger charge is 2.24. The van der Waals surface area contributed by atoms with Crippen molar-refractivity contribution in [3.05, 3.63) is 59.3 Å². The monoisotopic (exact) mass is 395 g/mol. The lowest BCUT2D eigenvalue weighted by Crippen LogP contribution is -2.07. The molecule has 2 aromatic carbocycles. The predicted octanol–water partition coefficient (Wildman–Crippen LogP) is 3.75. The number of nitrogens with zero attached hydrogens (tertiary/aromatic N) is 1. The fourth-order valence-corrected chi connectivity index (χ4v) is 2.61. The van der Waals surface area contributed by atoms with E-state index in [0.29, 0.717) is 35.0 Å². The summed E-state index contributed by atoms with van der Waals surface area (Å²) in [6.07, 6.45) is 1.84. The van der Waals surface area contributed by atoms with Crippen LogP contribution in [0.5, 0.6) is 17.2 Å². The van der Waals surface area contributed by atoms with E-state index in [-0.39, 0.29) is 24.0 Å². The number of benzene rings is 2. The molecule has 0 amide bonds. The maximum Gasteiger partial charge on any atom is 0.363 e. The van der Waals surface area contributed by atoms with Crippen LogP contribution in [0.3, 0.4) is 0 Å². The average molecular weight is 395 g/mol. The zero-order chi connectivity index (χ0) is 20.8. The molecule has 7 heteroatoms. The second kappa shape index (κ2) is 9.05. The maximum atomic E-state index is 12.2. The molecule has 0 unspecified atom stereocenters. The molecule has 0 aliphatic carbocycles. The van der Waals surface area contributed by atoms with Gasteiger partial charge in [0.2, 0.25) is 5.90 Å². The molecule has 150 valence electrons. The molecule has 0 atom stereocenters. The first-order chi connectivity index (χ1) is 14.0. The molecule has 1 aliphatic rings. The molecule has 1 aliphatic heterocycles. The smallest absolute Gasteiger partial charge is 0.363 e. The third kappa shape index (κ3) is 4.82. The molecule has 0 fully saturated rings. The number of ether oxygens (including phenoxy) is 4. The van der Waals surface area contributed by atoms with E-state index in [1.165, 1.54) is 0 Å². The summed E-state index contributed by atoms with van der Waals surface area (Å²) in [7, 11) is 1.56. The van der Waals surface area contributed by atoms with Crippen LogP contribution in [-0.2, 0) is 14.3 Å². The first-order valence-corrected chi connectivity index (χ1v) is 9.18. The topological polar surface area (TPSA) is 83.4 Å². The minimum Gasteiger partial charge on any atom is -0.497 e. The molecule has 29 heavy (non-hydrogen) atoms. The lowest BCUT2D eigenvalue weighted by atomic mass is 10.1. The van der Waals surface area contributed by atoms with Crippen molar-refractivity contribution in [2.24, 2.45) is 4.99 Å². The molecule has 0 saturated carbocycles. The predicted molar refractivity (Wildman–Crippen MR) is 107 cm³/mol. The number of aliphatic imine (C=N–C) groups is 1. The minimum absolute atomic E-state index is 0.156. The summed E-state index contributed by atoms with van der Waals surface area (Å²) in [4.78, 5) is 28.1. The Balaban J connectivity index is 1.90. The average Bonchev–Trinajstić information content (AvgIpc) is 3.10. The van der Waals surface area contributed by atoms with E-state index in [4.69, 9.17) is 18.9 Å². The zero-order valence-electron chi connectivity index (χ0n) is 16.4. The molecule has 2 aromatic rings. The fourth-order valence-electron chi connectivity index (χ4n) is 2.61. The Morgan fingerprint density at radius 2 is 1.97 bits per heavy atom. The van der Waals surface area contributed by atoms with Crippen molar-refractivity contribution in [2.75, 3.05) is 13.7 Å². The van der Waals surface area contributed by atoms with Gasteiger partial charge in [-0.3, -0.25) is 4.79 Å². The molecule has 0 bridgehead atoms.